The normalized spacial score (nSPS) is 16.2. The molecule has 0 fully saturated rings. The lowest BCUT2D eigenvalue weighted by Crippen LogP contribution is -2.37. The molecule has 0 unspecified atom stereocenters. The third kappa shape index (κ3) is 2.83. The van der Waals surface area contributed by atoms with Crippen molar-refractivity contribution in [3.63, 3.8) is 0 Å². The quantitative estimate of drug-likeness (QED) is 0.870. The summed E-state index contributed by atoms with van der Waals surface area (Å²) in [7, 11) is 0. The molecule has 1 N–H and O–H groups in total. The molecule has 1 aromatic rings. The number of nitrogens with one attached hydrogen (secondary N) is 1. The lowest BCUT2D eigenvalue weighted by Gasteiger charge is -2.23. The molecule has 0 bridgehead atoms. The Kier molecular flexibility index (Phi) is 3.65. The van der Waals surface area contributed by atoms with Crippen LogP contribution in [0, 0.1) is 0 Å². The molecule has 0 spiro atoms. The molecule has 16 heavy (non-hydrogen) atoms. The van der Waals surface area contributed by atoms with Crippen LogP contribution >= 0.6 is 11.3 Å². The van der Waals surface area contributed by atoms with Crippen LogP contribution in [0.1, 0.15) is 55.6 Å². The third-order valence-corrected chi connectivity index (χ3v) is 4.65. The Morgan fingerprint density at radius 2 is 2.06 bits per heavy atom. The number of hydrogen-bond donors (Lipinski definition) is 1. The van der Waals surface area contributed by atoms with Crippen LogP contribution in [-0.4, -0.2) is 10.5 Å². The standard InChI is InChI=1S/C13H22N2S/c1-4-13(2,3)14-9-12-15-10-7-5-6-8-11(10)16-12/h14H,4-9H2,1-3H3. The van der Waals surface area contributed by atoms with Gasteiger partial charge in [-0.05, 0) is 46.0 Å². The van der Waals surface area contributed by atoms with Gasteiger partial charge in [-0.2, -0.15) is 0 Å². The van der Waals surface area contributed by atoms with Crippen LogP contribution in [0.4, 0.5) is 0 Å². The molecule has 0 saturated carbocycles. The van der Waals surface area contributed by atoms with Gasteiger partial charge < -0.3 is 5.32 Å². The van der Waals surface area contributed by atoms with E-state index in [9.17, 15) is 0 Å². The van der Waals surface area contributed by atoms with E-state index in [4.69, 9.17) is 4.98 Å². The summed E-state index contributed by atoms with van der Waals surface area (Å²) in [5.41, 5.74) is 1.61. The lowest BCUT2D eigenvalue weighted by molar-refractivity contribution is 0.374. The summed E-state index contributed by atoms with van der Waals surface area (Å²) >= 11 is 1.91. The van der Waals surface area contributed by atoms with E-state index in [-0.39, 0.29) is 5.54 Å². The van der Waals surface area contributed by atoms with E-state index in [1.165, 1.54) is 41.3 Å². The SMILES string of the molecule is CCC(C)(C)NCc1nc2c(s1)CCCC2. The molecule has 0 radical (unpaired) electrons. The Hall–Kier alpha value is -0.410. The molecule has 0 aliphatic heterocycles. The molecule has 90 valence electrons. The number of nitrogens with zero attached hydrogens (tertiary/aromatic N) is 1. The van der Waals surface area contributed by atoms with Crippen molar-refractivity contribution in [2.45, 2.75) is 65.0 Å². The minimum Gasteiger partial charge on any atom is -0.305 e. The highest BCUT2D eigenvalue weighted by Gasteiger charge is 2.17. The number of thiazole rings is 1. The maximum Gasteiger partial charge on any atom is 0.107 e. The Labute approximate surface area is 102 Å². The van der Waals surface area contributed by atoms with Gasteiger partial charge in [0.15, 0.2) is 0 Å². The fourth-order valence-corrected chi connectivity index (χ4v) is 3.02. The Morgan fingerprint density at radius 3 is 2.75 bits per heavy atom. The predicted octanol–water partition coefficient (Wildman–Crippen LogP) is 3.30. The number of aromatic nitrogens is 1. The van der Waals surface area contributed by atoms with E-state index < -0.39 is 0 Å². The minimum absolute atomic E-state index is 0.228. The zero-order valence-electron chi connectivity index (χ0n) is 10.6. The van der Waals surface area contributed by atoms with Crippen molar-refractivity contribution in [1.29, 1.82) is 0 Å². The van der Waals surface area contributed by atoms with Crippen LogP contribution in [0.2, 0.25) is 0 Å². The van der Waals surface area contributed by atoms with Gasteiger partial charge in [0.1, 0.15) is 5.01 Å². The van der Waals surface area contributed by atoms with E-state index in [0.717, 1.165) is 13.0 Å². The largest absolute Gasteiger partial charge is 0.305 e. The van der Waals surface area contributed by atoms with Crippen molar-refractivity contribution in [3.8, 4) is 0 Å². The van der Waals surface area contributed by atoms with Gasteiger partial charge in [0.05, 0.1) is 5.69 Å². The first-order valence-corrected chi connectivity index (χ1v) is 7.15. The van der Waals surface area contributed by atoms with Gasteiger partial charge in [-0.3, -0.25) is 0 Å². The second-order valence-electron chi connectivity index (χ2n) is 5.28. The Bertz CT molecular complexity index is 331. The molecule has 0 amide bonds. The first kappa shape index (κ1) is 12.1. The molecule has 0 atom stereocenters. The van der Waals surface area contributed by atoms with Crippen LogP contribution in [0.5, 0.6) is 0 Å². The molecule has 1 aliphatic carbocycles. The average Bonchev–Trinajstić information content (AvgIpc) is 2.69. The smallest absolute Gasteiger partial charge is 0.107 e. The van der Waals surface area contributed by atoms with Crippen LogP contribution in [-0.2, 0) is 19.4 Å². The minimum atomic E-state index is 0.228. The molecule has 2 nitrogen and oxygen atoms in total. The molecule has 2 rings (SSSR count). The number of hydrogen-bond acceptors (Lipinski definition) is 3. The molecule has 3 heteroatoms. The van der Waals surface area contributed by atoms with E-state index >= 15 is 0 Å². The van der Waals surface area contributed by atoms with Crippen molar-refractivity contribution in [2.75, 3.05) is 0 Å². The summed E-state index contributed by atoms with van der Waals surface area (Å²) in [6, 6.07) is 0. The Balaban J connectivity index is 1.97. The van der Waals surface area contributed by atoms with Crippen molar-refractivity contribution in [3.05, 3.63) is 15.6 Å². The highest BCUT2D eigenvalue weighted by atomic mass is 32.1. The first-order valence-electron chi connectivity index (χ1n) is 6.33. The monoisotopic (exact) mass is 238 g/mol. The molecule has 0 aromatic carbocycles. The van der Waals surface area contributed by atoms with Crippen molar-refractivity contribution in [1.82, 2.24) is 10.3 Å². The number of rotatable bonds is 4. The van der Waals surface area contributed by atoms with Crippen LogP contribution in [0.3, 0.4) is 0 Å². The van der Waals surface area contributed by atoms with Crippen LogP contribution < -0.4 is 5.32 Å². The van der Waals surface area contributed by atoms with E-state index in [1.54, 1.807) is 0 Å². The fourth-order valence-electron chi connectivity index (χ4n) is 1.92. The van der Waals surface area contributed by atoms with Gasteiger partial charge in [-0.25, -0.2) is 4.98 Å². The molecule has 1 aromatic heterocycles. The highest BCUT2D eigenvalue weighted by Crippen LogP contribution is 2.26. The topological polar surface area (TPSA) is 24.9 Å². The molecular weight excluding hydrogens is 216 g/mol. The van der Waals surface area contributed by atoms with E-state index in [1.807, 2.05) is 11.3 Å². The maximum atomic E-state index is 4.74. The van der Waals surface area contributed by atoms with Crippen LogP contribution in [0.15, 0.2) is 0 Å². The highest BCUT2D eigenvalue weighted by molar-refractivity contribution is 7.11. The molecule has 0 saturated heterocycles. The number of aryl methyl sites for hydroxylation is 2. The summed E-state index contributed by atoms with van der Waals surface area (Å²) in [4.78, 5) is 6.28. The Morgan fingerprint density at radius 1 is 1.31 bits per heavy atom. The van der Waals surface area contributed by atoms with Crippen molar-refractivity contribution < 1.29 is 0 Å². The summed E-state index contributed by atoms with van der Waals surface area (Å²) < 4.78 is 0. The first-order chi connectivity index (χ1) is 7.61. The van der Waals surface area contributed by atoms with Gasteiger partial charge in [0.2, 0.25) is 0 Å². The zero-order valence-corrected chi connectivity index (χ0v) is 11.4. The molecule has 1 heterocycles. The lowest BCUT2D eigenvalue weighted by atomic mass is 10.0. The number of fused-ring (bicyclic) bond motifs is 1. The maximum absolute atomic E-state index is 4.74. The summed E-state index contributed by atoms with van der Waals surface area (Å²) in [6.07, 6.45) is 6.28. The summed E-state index contributed by atoms with van der Waals surface area (Å²) in [5.74, 6) is 0. The average molecular weight is 238 g/mol. The van der Waals surface area contributed by atoms with Crippen molar-refractivity contribution >= 4 is 11.3 Å². The van der Waals surface area contributed by atoms with Gasteiger partial charge in [-0.15, -0.1) is 11.3 Å². The van der Waals surface area contributed by atoms with Gasteiger partial charge in [-0.1, -0.05) is 6.92 Å². The summed E-state index contributed by atoms with van der Waals surface area (Å²) in [6.45, 7) is 7.65. The second-order valence-corrected chi connectivity index (χ2v) is 6.44. The molecule has 1 aliphatic rings. The van der Waals surface area contributed by atoms with Crippen LogP contribution in [0.25, 0.3) is 0 Å². The molecular formula is C13H22N2S. The summed E-state index contributed by atoms with van der Waals surface area (Å²) in [5, 5.41) is 4.85. The van der Waals surface area contributed by atoms with Crippen molar-refractivity contribution in [2.24, 2.45) is 0 Å². The van der Waals surface area contributed by atoms with Gasteiger partial charge >= 0.3 is 0 Å². The van der Waals surface area contributed by atoms with Gasteiger partial charge in [0.25, 0.3) is 0 Å². The van der Waals surface area contributed by atoms with E-state index in [2.05, 4.69) is 26.1 Å². The third-order valence-electron chi connectivity index (χ3n) is 3.49. The predicted molar refractivity (Wildman–Crippen MR) is 70.0 cm³/mol. The van der Waals surface area contributed by atoms with E-state index in [0.29, 0.717) is 0 Å². The zero-order chi connectivity index (χ0) is 11.6. The van der Waals surface area contributed by atoms with Gasteiger partial charge in [0, 0.05) is 17.0 Å². The second kappa shape index (κ2) is 4.84. The fraction of sp³-hybridized carbons (Fsp3) is 0.769.